The summed E-state index contributed by atoms with van der Waals surface area (Å²) in [5.41, 5.74) is 8.78. The van der Waals surface area contributed by atoms with Crippen molar-refractivity contribution in [2.75, 3.05) is 0 Å². The van der Waals surface area contributed by atoms with Crippen LogP contribution in [0.25, 0.3) is 0 Å². The molecule has 2 rings (SSSR count). The molecule has 1 aliphatic rings. The van der Waals surface area contributed by atoms with Gasteiger partial charge in [-0.3, -0.25) is 4.79 Å². The highest BCUT2D eigenvalue weighted by Gasteiger charge is 2.39. The minimum atomic E-state index is -0.106. The number of nitrogens with zero attached hydrogens (tertiary/aromatic N) is 1. The van der Waals surface area contributed by atoms with Crippen LogP contribution in [0.15, 0.2) is 24.3 Å². The van der Waals surface area contributed by atoms with Crippen LogP contribution in [0, 0.1) is 0 Å². The van der Waals surface area contributed by atoms with Crippen molar-refractivity contribution in [3.05, 3.63) is 35.4 Å². The van der Waals surface area contributed by atoms with Crippen molar-refractivity contribution < 1.29 is 4.79 Å². The molecule has 1 heterocycles. The standard InChI is InChI=1S/C17H26N2O/c1-11(2)19-15(20)10-14(18)16(19)12-6-8-13(9-7-12)17(3,4)5/h6-9,11,14,16H,10,18H2,1-5H3. The van der Waals surface area contributed by atoms with E-state index < -0.39 is 0 Å². The fourth-order valence-corrected chi connectivity index (χ4v) is 2.98. The molecule has 0 bridgehead atoms. The summed E-state index contributed by atoms with van der Waals surface area (Å²) in [6.45, 7) is 10.7. The number of hydrogen-bond donors (Lipinski definition) is 1. The van der Waals surface area contributed by atoms with E-state index in [2.05, 4.69) is 45.0 Å². The zero-order valence-electron chi connectivity index (χ0n) is 13.2. The van der Waals surface area contributed by atoms with E-state index in [1.54, 1.807) is 0 Å². The third-order valence-electron chi connectivity index (χ3n) is 4.08. The molecule has 1 aromatic rings. The molecule has 2 atom stereocenters. The summed E-state index contributed by atoms with van der Waals surface area (Å²) < 4.78 is 0. The van der Waals surface area contributed by atoms with Crippen molar-refractivity contribution in [3.8, 4) is 0 Å². The SMILES string of the molecule is CC(C)N1C(=O)CC(N)C1c1ccc(C(C)(C)C)cc1. The normalized spacial score (nSPS) is 23.8. The van der Waals surface area contributed by atoms with Crippen molar-refractivity contribution >= 4 is 5.91 Å². The third-order valence-corrected chi connectivity index (χ3v) is 4.08. The Morgan fingerprint density at radius 1 is 1.20 bits per heavy atom. The number of amides is 1. The van der Waals surface area contributed by atoms with Crippen molar-refractivity contribution in [2.45, 2.75) is 64.6 Å². The predicted octanol–water partition coefficient (Wildman–Crippen LogP) is 2.99. The van der Waals surface area contributed by atoms with Crippen molar-refractivity contribution in [2.24, 2.45) is 5.73 Å². The van der Waals surface area contributed by atoms with Gasteiger partial charge in [0.15, 0.2) is 0 Å². The van der Waals surface area contributed by atoms with Gasteiger partial charge in [0, 0.05) is 18.5 Å². The van der Waals surface area contributed by atoms with Gasteiger partial charge in [-0.2, -0.15) is 0 Å². The number of likely N-dealkylation sites (tertiary alicyclic amines) is 1. The molecule has 1 aliphatic heterocycles. The molecule has 110 valence electrons. The Kier molecular flexibility index (Phi) is 3.92. The first-order valence-electron chi connectivity index (χ1n) is 7.39. The van der Waals surface area contributed by atoms with Gasteiger partial charge in [-0.05, 0) is 30.4 Å². The number of nitrogens with two attached hydrogens (primary N) is 1. The summed E-state index contributed by atoms with van der Waals surface area (Å²) in [6.07, 6.45) is 0.448. The second-order valence-electron chi connectivity index (χ2n) is 7.08. The third kappa shape index (κ3) is 2.73. The van der Waals surface area contributed by atoms with Gasteiger partial charge in [0.05, 0.1) is 6.04 Å². The van der Waals surface area contributed by atoms with Gasteiger partial charge in [0.25, 0.3) is 0 Å². The highest BCUT2D eigenvalue weighted by molar-refractivity contribution is 5.80. The smallest absolute Gasteiger partial charge is 0.225 e. The molecular formula is C17H26N2O. The maximum Gasteiger partial charge on any atom is 0.225 e. The lowest BCUT2D eigenvalue weighted by molar-refractivity contribution is -0.130. The van der Waals surface area contributed by atoms with Crippen LogP contribution in [0.3, 0.4) is 0 Å². The second-order valence-corrected chi connectivity index (χ2v) is 7.08. The molecule has 2 unspecified atom stereocenters. The maximum atomic E-state index is 12.1. The Morgan fingerprint density at radius 3 is 2.20 bits per heavy atom. The van der Waals surface area contributed by atoms with Crippen LogP contribution >= 0.6 is 0 Å². The predicted molar refractivity (Wildman–Crippen MR) is 82.5 cm³/mol. The molecule has 0 radical (unpaired) electrons. The fraction of sp³-hybridized carbons (Fsp3) is 0.588. The summed E-state index contributed by atoms with van der Waals surface area (Å²) in [5, 5.41) is 0. The summed E-state index contributed by atoms with van der Waals surface area (Å²) in [6, 6.07) is 8.65. The average molecular weight is 274 g/mol. The van der Waals surface area contributed by atoms with Crippen molar-refractivity contribution in [3.63, 3.8) is 0 Å². The number of carbonyl (C=O) groups is 1. The summed E-state index contributed by atoms with van der Waals surface area (Å²) >= 11 is 0. The van der Waals surface area contributed by atoms with Crippen LogP contribution < -0.4 is 5.73 Å². The van der Waals surface area contributed by atoms with Gasteiger partial charge < -0.3 is 10.6 Å². The van der Waals surface area contributed by atoms with Gasteiger partial charge in [0.2, 0.25) is 5.91 Å². The minimum Gasteiger partial charge on any atom is -0.332 e. The molecule has 0 saturated carbocycles. The Morgan fingerprint density at radius 2 is 1.75 bits per heavy atom. The quantitative estimate of drug-likeness (QED) is 0.901. The van der Waals surface area contributed by atoms with E-state index in [1.165, 1.54) is 5.56 Å². The zero-order valence-corrected chi connectivity index (χ0v) is 13.2. The average Bonchev–Trinajstić information content (AvgIpc) is 2.63. The van der Waals surface area contributed by atoms with Crippen molar-refractivity contribution in [1.29, 1.82) is 0 Å². The first-order valence-corrected chi connectivity index (χ1v) is 7.39. The van der Waals surface area contributed by atoms with Crippen LogP contribution in [0.4, 0.5) is 0 Å². The van der Waals surface area contributed by atoms with Crippen molar-refractivity contribution in [1.82, 2.24) is 4.90 Å². The van der Waals surface area contributed by atoms with Crippen LogP contribution in [0.1, 0.15) is 58.2 Å². The lowest BCUT2D eigenvalue weighted by Crippen LogP contribution is -2.37. The number of carbonyl (C=O) groups excluding carboxylic acids is 1. The van der Waals surface area contributed by atoms with E-state index in [9.17, 15) is 4.79 Å². The van der Waals surface area contributed by atoms with E-state index in [0.717, 1.165) is 5.56 Å². The van der Waals surface area contributed by atoms with E-state index in [1.807, 2.05) is 18.7 Å². The highest BCUT2D eigenvalue weighted by atomic mass is 16.2. The Bertz CT molecular complexity index is 485. The molecule has 20 heavy (non-hydrogen) atoms. The second kappa shape index (κ2) is 5.21. The fourth-order valence-electron chi connectivity index (χ4n) is 2.98. The number of rotatable bonds is 2. The first kappa shape index (κ1) is 15.0. The molecule has 1 fully saturated rings. The van der Waals surface area contributed by atoms with E-state index >= 15 is 0 Å². The topological polar surface area (TPSA) is 46.3 Å². The van der Waals surface area contributed by atoms with Gasteiger partial charge in [-0.1, -0.05) is 45.0 Å². The van der Waals surface area contributed by atoms with E-state index in [-0.39, 0.29) is 29.4 Å². The van der Waals surface area contributed by atoms with Gasteiger partial charge in [-0.25, -0.2) is 0 Å². The zero-order chi connectivity index (χ0) is 15.1. The Hall–Kier alpha value is -1.35. The Balaban J connectivity index is 2.32. The summed E-state index contributed by atoms with van der Waals surface area (Å²) in [4.78, 5) is 14.0. The van der Waals surface area contributed by atoms with Crippen LogP contribution in [0.5, 0.6) is 0 Å². The molecule has 3 nitrogen and oxygen atoms in total. The van der Waals surface area contributed by atoms with Crippen LogP contribution in [-0.2, 0) is 10.2 Å². The van der Waals surface area contributed by atoms with E-state index in [0.29, 0.717) is 6.42 Å². The molecule has 0 spiro atoms. The first-order chi connectivity index (χ1) is 9.21. The molecule has 2 N–H and O–H groups in total. The molecule has 3 heteroatoms. The lowest BCUT2D eigenvalue weighted by Gasteiger charge is -2.31. The molecule has 1 saturated heterocycles. The molecule has 0 aromatic heterocycles. The minimum absolute atomic E-state index is 0.0107. The largest absolute Gasteiger partial charge is 0.332 e. The molecule has 1 amide bonds. The van der Waals surface area contributed by atoms with Crippen LogP contribution in [0.2, 0.25) is 0 Å². The van der Waals surface area contributed by atoms with E-state index in [4.69, 9.17) is 5.73 Å². The lowest BCUT2D eigenvalue weighted by atomic mass is 9.86. The summed E-state index contributed by atoms with van der Waals surface area (Å²) in [7, 11) is 0. The van der Waals surface area contributed by atoms with Gasteiger partial charge in [-0.15, -0.1) is 0 Å². The van der Waals surface area contributed by atoms with Gasteiger partial charge in [0.1, 0.15) is 0 Å². The highest BCUT2D eigenvalue weighted by Crippen LogP contribution is 2.34. The maximum absolute atomic E-state index is 12.1. The molecule has 1 aromatic carbocycles. The monoisotopic (exact) mass is 274 g/mol. The number of benzene rings is 1. The van der Waals surface area contributed by atoms with Gasteiger partial charge >= 0.3 is 0 Å². The van der Waals surface area contributed by atoms with Crippen LogP contribution in [-0.4, -0.2) is 22.9 Å². The Labute approximate surface area is 122 Å². The number of hydrogen-bond acceptors (Lipinski definition) is 2. The molecule has 0 aliphatic carbocycles. The summed E-state index contributed by atoms with van der Waals surface area (Å²) in [5.74, 6) is 0.164. The molecular weight excluding hydrogens is 248 g/mol.